The van der Waals surface area contributed by atoms with E-state index in [9.17, 15) is 10.4 Å². The minimum absolute atomic E-state index is 0.0453. The first-order valence-corrected chi connectivity index (χ1v) is 15.2. The number of ether oxygens (including phenoxy) is 1. The maximum atomic E-state index is 9.98. The molecule has 1 heterocycles. The fraction of sp³-hybridized carbons (Fsp3) is 0.419. The Bertz CT molecular complexity index is 1300. The van der Waals surface area contributed by atoms with Gasteiger partial charge in [-0.2, -0.15) is 10.4 Å². The summed E-state index contributed by atoms with van der Waals surface area (Å²) >= 11 is 1.77. The number of aliphatic hydroxyl groups excluding tert-OH is 2. The standard InChI is InChI=1S/C31H41N7O3S/c1-4-23(2)38(15-17-39)16-21-42-27-12-10-26(11-13-27)36-37-29-24(3)28(22-32)30(34-25-8-6-5-7-9-25)35-31(29)33-14-19-41-20-18-40/h5-13,23,39-40H,4,14-21H2,1-3H3,(H2,33,34,35). The van der Waals surface area contributed by atoms with E-state index < -0.39 is 0 Å². The number of nitrogens with zero attached hydrogens (tertiary/aromatic N) is 5. The summed E-state index contributed by atoms with van der Waals surface area (Å²) < 4.78 is 5.38. The van der Waals surface area contributed by atoms with E-state index >= 15 is 0 Å². The highest BCUT2D eigenvalue weighted by Gasteiger charge is 2.18. The minimum atomic E-state index is -0.0453. The fourth-order valence-electron chi connectivity index (χ4n) is 4.17. The highest BCUT2D eigenvalue weighted by molar-refractivity contribution is 7.99. The summed E-state index contributed by atoms with van der Waals surface area (Å²) in [7, 11) is 0. The Kier molecular flexibility index (Phi) is 14.2. The largest absolute Gasteiger partial charge is 0.395 e. The third kappa shape index (κ3) is 10.1. The Labute approximate surface area is 252 Å². The number of thioether (sulfide) groups is 1. The first kappa shape index (κ1) is 33.0. The van der Waals surface area contributed by atoms with Gasteiger partial charge in [0, 0.05) is 47.6 Å². The van der Waals surface area contributed by atoms with Crippen molar-refractivity contribution in [3.8, 4) is 6.07 Å². The van der Waals surface area contributed by atoms with Gasteiger partial charge in [-0.25, -0.2) is 4.98 Å². The molecule has 4 N–H and O–H groups in total. The minimum Gasteiger partial charge on any atom is -0.395 e. The first-order valence-electron chi connectivity index (χ1n) is 14.2. The van der Waals surface area contributed by atoms with E-state index in [1.165, 1.54) is 0 Å². The van der Waals surface area contributed by atoms with Crippen LogP contribution in [0.2, 0.25) is 0 Å². The van der Waals surface area contributed by atoms with Crippen molar-refractivity contribution in [2.24, 2.45) is 10.2 Å². The molecule has 1 atom stereocenters. The molecule has 0 aliphatic carbocycles. The number of azo groups is 1. The number of para-hydroxylation sites is 1. The lowest BCUT2D eigenvalue weighted by molar-refractivity contribution is 0.0992. The lowest BCUT2D eigenvalue weighted by atomic mass is 10.1. The average Bonchev–Trinajstić information content (AvgIpc) is 3.01. The van der Waals surface area contributed by atoms with E-state index in [2.05, 4.69) is 45.7 Å². The van der Waals surface area contributed by atoms with Crippen LogP contribution in [0.4, 0.5) is 28.7 Å². The second-order valence-corrected chi connectivity index (χ2v) is 10.8. The van der Waals surface area contributed by atoms with Crippen molar-refractivity contribution in [3.05, 3.63) is 65.7 Å². The van der Waals surface area contributed by atoms with Crippen molar-refractivity contribution >= 4 is 40.5 Å². The molecule has 0 amide bonds. The van der Waals surface area contributed by atoms with Gasteiger partial charge in [0.2, 0.25) is 0 Å². The van der Waals surface area contributed by atoms with Gasteiger partial charge in [0.25, 0.3) is 0 Å². The molecule has 42 heavy (non-hydrogen) atoms. The molecule has 2 aromatic carbocycles. The molecule has 0 radical (unpaired) electrons. The average molecular weight is 592 g/mol. The molecule has 1 aromatic heterocycles. The van der Waals surface area contributed by atoms with E-state index in [-0.39, 0.29) is 19.8 Å². The van der Waals surface area contributed by atoms with Crippen molar-refractivity contribution < 1.29 is 14.9 Å². The number of benzene rings is 2. The summed E-state index contributed by atoms with van der Waals surface area (Å²) in [6.45, 7) is 8.96. The van der Waals surface area contributed by atoms with E-state index in [4.69, 9.17) is 14.8 Å². The van der Waals surface area contributed by atoms with Crippen molar-refractivity contribution in [3.63, 3.8) is 0 Å². The van der Waals surface area contributed by atoms with Gasteiger partial charge in [-0.05, 0) is 56.7 Å². The van der Waals surface area contributed by atoms with E-state index in [1.807, 2.05) is 61.5 Å². The van der Waals surface area contributed by atoms with Crippen LogP contribution in [0.15, 0.2) is 69.7 Å². The molecular formula is C31H41N7O3S. The highest BCUT2D eigenvalue weighted by atomic mass is 32.2. The molecule has 224 valence electrons. The van der Waals surface area contributed by atoms with E-state index in [0.717, 1.165) is 29.3 Å². The van der Waals surface area contributed by atoms with Crippen LogP contribution < -0.4 is 10.6 Å². The second kappa shape index (κ2) is 18.1. The van der Waals surface area contributed by atoms with Gasteiger partial charge in [0.15, 0.2) is 11.6 Å². The molecule has 0 fully saturated rings. The summed E-state index contributed by atoms with van der Waals surface area (Å²) in [5.41, 5.74) is 3.00. The third-order valence-electron chi connectivity index (χ3n) is 6.69. The van der Waals surface area contributed by atoms with Crippen LogP contribution >= 0.6 is 11.8 Å². The van der Waals surface area contributed by atoms with Crippen molar-refractivity contribution in [2.45, 2.75) is 38.1 Å². The number of hydrogen-bond donors (Lipinski definition) is 4. The summed E-state index contributed by atoms with van der Waals surface area (Å²) in [5.74, 6) is 1.82. The topological polar surface area (TPSA) is 138 Å². The Balaban J connectivity index is 1.77. The van der Waals surface area contributed by atoms with E-state index in [0.29, 0.717) is 59.9 Å². The van der Waals surface area contributed by atoms with Crippen LogP contribution in [0, 0.1) is 18.3 Å². The number of aromatic nitrogens is 1. The van der Waals surface area contributed by atoms with Crippen molar-refractivity contribution in [1.29, 1.82) is 5.26 Å². The predicted octanol–water partition coefficient (Wildman–Crippen LogP) is 6.03. The van der Waals surface area contributed by atoms with Gasteiger partial charge in [0.05, 0.1) is 37.7 Å². The molecular weight excluding hydrogens is 550 g/mol. The predicted molar refractivity (Wildman–Crippen MR) is 170 cm³/mol. The maximum absolute atomic E-state index is 9.98. The summed E-state index contributed by atoms with van der Waals surface area (Å²) in [6.07, 6.45) is 1.05. The Morgan fingerprint density at radius 2 is 1.79 bits per heavy atom. The molecule has 3 rings (SSSR count). The van der Waals surface area contributed by atoms with E-state index in [1.54, 1.807) is 11.8 Å². The zero-order valence-electron chi connectivity index (χ0n) is 24.6. The van der Waals surface area contributed by atoms with Crippen molar-refractivity contribution in [1.82, 2.24) is 9.88 Å². The Hall–Kier alpha value is -3.53. The molecule has 0 bridgehead atoms. The lowest BCUT2D eigenvalue weighted by Crippen LogP contribution is -2.36. The van der Waals surface area contributed by atoms with Crippen LogP contribution in [0.3, 0.4) is 0 Å². The molecule has 0 spiro atoms. The number of rotatable bonds is 18. The van der Waals surface area contributed by atoms with Crippen LogP contribution in [0.5, 0.6) is 0 Å². The van der Waals surface area contributed by atoms with Gasteiger partial charge in [0.1, 0.15) is 11.8 Å². The monoisotopic (exact) mass is 591 g/mol. The molecule has 0 saturated carbocycles. The smallest absolute Gasteiger partial charge is 0.156 e. The number of anilines is 3. The van der Waals surface area contributed by atoms with Crippen molar-refractivity contribution in [2.75, 3.05) is 62.4 Å². The summed E-state index contributed by atoms with van der Waals surface area (Å²) in [5, 5.41) is 43.8. The van der Waals surface area contributed by atoms with Gasteiger partial charge in [-0.15, -0.1) is 16.9 Å². The molecule has 0 saturated heterocycles. The number of nitrogens with one attached hydrogen (secondary N) is 2. The maximum Gasteiger partial charge on any atom is 0.156 e. The normalized spacial score (nSPS) is 12.0. The lowest BCUT2D eigenvalue weighted by Gasteiger charge is -2.27. The quantitative estimate of drug-likeness (QED) is 0.0794. The van der Waals surface area contributed by atoms with Crippen LogP contribution in [0.1, 0.15) is 31.4 Å². The number of hydrogen-bond acceptors (Lipinski definition) is 11. The van der Waals surface area contributed by atoms with Gasteiger partial charge < -0.3 is 25.6 Å². The molecule has 3 aromatic rings. The molecule has 0 aliphatic heterocycles. The first-order chi connectivity index (χ1) is 20.5. The third-order valence-corrected chi connectivity index (χ3v) is 7.68. The van der Waals surface area contributed by atoms with Gasteiger partial charge in [-0.1, -0.05) is 25.1 Å². The second-order valence-electron chi connectivity index (χ2n) is 9.58. The molecule has 11 heteroatoms. The summed E-state index contributed by atoms with van der Waals surface area (Å²) in [6, 6.07) is 20.1. The number of aliphatic hydroxyl groups is 2. The molecule has 0 aliphatic rings. The number of pyridine rings is 1. The van der Waals surface area contributed by atoms with Gasteiger partial charge in [-0.3, -0.25) is 4.90 Å². The van der Waals surface area contributed by atoms with Crippen LogP contribution in [0.25, 0.3) is 0 Å². The fourth-order valence-corrected chi connectivity index (χ4v) is 5.06. The Morgan fingerprint density at radius 3 is 2.45 bits per heavy atom. The number of nitriles is 1. The molecule has 1 unspecified atom stereocenters. The zero-order valence-corrected chi connectivity index (χ0v) is 25.4. The highest BCUT2D eigenvalue weighted by Crippen LogP contribution is 2.36. The molecule has 10 nitrogen and oxygen atoms in total. The van der Waals surface area contributed by atoms with Gasteiger partial charge >= 0.3 is 0 Å². The SMILES string of the molecule is CCC(C)N(CCO)CCSc1ccc(N=Nc2c(NCCOCCO)nc(Nc3ccccc3)c(C#N)c2C)cc1. The Morgan fingerprint density at radius 1 is 1.02 bits per heavy atom. The van der Waals surface area contributed by atoms with Crippen LogP contribution in [-0.4, -0.2) is 78.0 Å². The summed E-state index contributed by atoms with van der Waals surface area (Å²) in [4.78, 5) is 8.14. The zero-order chi connectivity index (χ0) is 30.2. The van der Waals surface area contributed by atoms with Crippen LogP contribution in [-0.2, 0) is 4.74 Å².